The van der Waals surface area contributed by atoms with Crippen molar-refractivity contribution in [3.8, 4) is 0 Å². The number of anilines is 1. The highest BCUT2D eigenvalue weighted by Crippen LogP contribution is 2.39. The lowest BCUT2D eigenvalue weighted by Gasteiger charge is -2.44. The molecule has 1 aliphatic heterocycles. The van der Waals surface area contributed by atoms with E-state index < -0.39 is 11.4 Å². The Morgan fingerprint density at radius 3 is 2.50 bits per heavy atom. The molecule has 2 N–H and O–H groups in total. The van der Waals surface area contributed by atoms with Gasteiger partial charge in [-0.05, 0) is 49.8 Å². The van der Waals surface area contributed by atoms with Crippen LogP contribution in [0.5, 0.6) is 0 Å². The first-order chi connectivity index (χ1) is 11.5. The van der Waals surface area contributed by atoms with Crippen LogP contribution in [-0.2, 0) is 0 Å². The fourth-order valence-electron chi connectivity index (χ4n) is 3.97. The predicted molar refractivity (Wildman–Crippen MR) is 92.8 cm³/mol. The fourth-order valence-corrected chi connectivity index (χ4v) is 4.20. The summed E-state index contributed by atoms with van der Waals surface area (Å²) in [6, 6.07) is 3.68. The first-order valence-corrected chi connectivity index (χ1v) is 9.08. The van der Waals surface area contributed by atoms with Crippen molar-refractivity contribution in [1.82, 2.24) is 4.90 Å². The molecule has 24 heavy (non-hydrogen) atoms. The summed E-state index contributed by atoms with van der Waals surface area (Å²) >= 11 is 5.80. The Morgan fingerprint density at radius 2 is 1.88 bits per heavy atom. The van der Waals surface area contributed by atoms with Gasteiger partial charge >= 0.3 is 6.03 Å². The topological polar surface area (TPSA) is 52.6 Å². The average Bonchev–Trinajstić information content (AvgIpc) is 2.55. The Hall–Kier alpha value is -1.33. The molecule has 0 aromatic heterocycles. The van der Waals surface area contributed by atoms with E-state index in [-0.39, 0.29) is 11.1 Å². The van der Waals surface area contributed by atoms with Gasteiger partial charge in [0.15, 0.2) is 0 Å². The Balaban J connectivity index is 1.56. The Bertz CT molecular complexity index is 576. The van der Waals surface area contributed by atoms with Gasteiger partial charge < -0.3 is 15.3 Å². The van der Waals surface area contributed by atoms with Gasteiger partial charge in [-0.1, -0.05) is 30.9 Å². The number of piperidine rings is 1. The maximum atomic E-state index is 13.3. The molecule has 0 unspecified atom stereocenters. The highest BCUT2D eigenvalue weighted by atomic mass is 35.5. The molecule has 1 aromatic carbocycles. The molecule has 2 fully saturated rings. The minimum absolute atomic E-state index is 0.246. The number of carbonyl (C=O) groups excluding carboxylic acids is 1. The molecule has 0 bridgehead atoms. The van der Waals surface area contributed by atoms with Crippen LogP contribution >= 0.6 is 11.6 Å². The summed E-state index contributed by atoms with van der Waals surface area (Å²) < 4.78 is 13.3. The first kappa shape index (κ1) is 17.5. The molecule has 132 valence electrons. The summed E-state index contributed by atoms with van der Waals surface area (Å²) in [6.07, 6.45) is 7.03. The third-order valence-corrected chi connectivity index (χ3v) is 5.61. The maximum Gasteiger partial charge on any atom is 0.321 e. The van der Waals surface area contributed by atoms with Crippen molar-refractivity contribution in [2.75, 3.05) is 18.4 Å². The molecule has 3 rings (SSSR count). The van der Waals surface area contributed by atoms with Gasteiger partial charge in [0, 0.05) is 23.8 Å². The number of hydrogen-bond donors (Lipinski definition) is 2. The Labute approximate surface area is 147 Å². The summed E-state index contributed by atoms with van der Waals surface area (Å²) in [6.45, 7) is 1.03. The van der Waals surface area contributed by atoms with E-state index in [0.717, 1.165) is 12.8 Å². The van der Waals surface area contributed by atoms with Crippen molar-refractivity contribution in [3.63, 3.8) is 0 Å². The Morgan fingerprint density at radius 1 is 1.21 bits per heavy atom. The molecule has 0 spiro atoms. The van der Waals surface area contributed by atoms with Crippen LogP contribution in [0.15, 0.2) is 18.2 Å². The zero-order valence-electron chi connectivity index (χ0n) is 13.7. The quantitative estimate of drug-likeness (QED) is 0.826. The SMILES string of the molecule is O=C(Nc1cc(F)cc(Cl)c1)N1CCC(O)(C2CCCCC2)CC1. The second kappa shape index (κ2) is 7.28. The molecule has 0 radical (unpaired) electrons. The van der Waals surface area contributed by atoms with Gasteiger partial charge in [-0.25, -0.2) is 9.18 Å². The molecule has 1 saturated heterocycles. The molecule has 1 aliphatic carbocycles. The molecule has 0 atom stereocenters. The summed E-state index contributed by atoms with van der Waals surface area (Å²) in [5.41, 5.74) is -0.294. The number of aliphatic hydroxyl groups is 1. The van der Waals surface area contributed by atoms with E-state index in [1.54, 1.807) is 4.90 Å². The third kappa shape index (κ3) is 4.01. The average molecular weight is 355 g/mol. The van der Waals surface area contributed by atoms with Crippen LogP contribution in [-0.4, -0.2) is 34.7 Å². The van der Waals surface area contributed by atoms with Gasteiger partial charge in [0.05, 0.1) is 5.60 Å². The van der Waals surface area contributed by atoms with Crippen LogP contribution in [0.4, 0.5) is 14.9 Å². The number of likely N-dealkylation sites (tertiary alicyclic amines) is 1. The molecule has 1 aromatic rings. The van der Waals surface area contributed by atoms with E-state index in [4.69, 9.17) is 11.6 Å². The largest absolute Gasteiger partial charge is 0.389 e. The van der Waals surface area contributed by atoms with E-state index in [2.05, 4.69) is 5.32 Å². The second-order valence-electron chi connectivity index (χ2n) is 7.01. The van der Waals surface area contributed by atoms with Crippen LogP contribution in [0.3, 0.4) is 0 Å². The number of hydrogen-bond acceptors (Lipinski definition) is 2. The number of nitrogens with one attached hydrogen (secondary N) is 1. The van der Waals surface area contributed by atoms with E-state index in [0.29, 0.717) is 37.5 Å². The van der Waals surface area contributed by atoms with Crippen molar-refractivity contribution in [2.45, 2.75) is 50.5 Å². The minimum Gasteiger partial charge on any atom is -0.389 e. The lowest BCUT2D eigenvalue weighted by atomic mass is 9.72. The Kier molecular flexibility index (Phi) is 5.30. The highest BCUT2D eigenvalue weighted by Gasteiger charge is 2.40. The summed E-state index contributed by atoms with van der Waals surface area (Å²) in [7, 11) is 0. The number of benzene rings is 1. The lowest BCUT2D eigenvalue weighted by Crippen LogP contribution is -2.51. The van der Waals surface area contributed by atoms with Gasteiger partial charge in [0.25, 0.3) is 0 Å². The number of amides is 2. The van der Waals surface area contributed by atoms with Gasteiger partial charge in [0.2, 0.25) is 0 Å². The van der Waals surface area contributed by atoms with Gasteiger partial charge in [0.1, 0.15) is 5.82 Å². The van der Waals surface area contributed by atoms with E-state index >= 15 is 0 Å². The van der Waals surface area contributed by atoms with Crippen molar-refractivity contribution in [3.05, 3.63) is 29.0 Å². The maximum absolute atomic E-state index is 13.3. The summed E-state index contributed by atoms with van der Waals surface area (Å²) in [5.74, 6) is -0.124. The van der Waals surface area contributed by atoms with Crippen molar-refractivity contribution in [1.29, 1.82) is 0 Å². The molecule has 1 saturated carbocycles. The molecule has 1 heterocycles. The summed E-state index contributed by atoms with van der Waals surface area (Å²) in [5, 5.41) is 13.9. The van der Waals surface area contributed by atoms with E-state index in [1.807, 2.05) is 0 Å². The van der Waals surface area contributed by atoms with Gasteiger partial charge in [-0.3, -0.25) is 0 Å². The van der Waals surface area contributed by atoms with Crippen LogP contribution < -0.4 is 5.32 Å². The molecule has 6 heteroatoms. The van der Waals surface area contributed by atoms with Crippen molar-refractivity contribution < 1.29 is 14.3 Å². The van der Waals surface area contributed by atoms with Crippen LogP contribution in [0, 0.1) is 11.7 Å². The van der Waals surface area contributed by atoms with Crippen molar-refractivity contribution in [2.24, 2.45) is 5.92 Å². The summed E-state index contributed by atoms with van der Waals surface area (Å²) in [4.78, 5) is 14.0. The minimum atomic E-state index is -0.640. The number of urea groups is 1. The van der Waals surface area contributed by atoms with Crippen molar-refractivity contribution >= 4 is 23.3 Å². The number of halogens is 2. The second-order valence-corrected chi connectivity index (χ2v) is 7.45. The number of carbonyl (C=O) groups is 1. The lowest BCUT2D eigenvalue weighted by molar-refractivity contribution is -0.0702. The third-order valence-electron chi connectivity index (χ3n) is 5.40. The zero-order chi connectivity index (χ0) is 17.2. The molecular weight excluding hydrogens is 331 g/mol. The number of rotatable bonds is 2. The first-order valence-electron chi connectivity index (χ1n) is 8.71. The molecular formula is C18H24ClFN2O2. The fraction of sp³-hybridized carbons (Fsp3) is 0.611. The van der Waals surface area contributed by atoms with Crippen LogP contribution in [0.25, 0.3) is 0 Å². The normalized spacial score (nSPS) is 21.5. The highest BCUT2D eigenvalue weighted by molar-refractivity contribution is 6.30. The molecule has 2 amide bonds. The van der Waals surface area contributed by atoms with Crippen LogP contribution in [0.1, 0.15) is 44.9 Å². The van der Waals surface area contributed by atoms with Crippen LogP contribution in [0.2, 0.25) is 5.02 Å². The van der Waals surface area contributed by atoms with E-state index in [1.165, 1.54) is 37.5 Å². The predicted octanol–water partition coefficient (Wildman–Crippen LogP) is 4.42. The number of nitrogens with zero attached hydrogens (tertiary/aromatic N) is 1. The van der Waals surface area contributed by atoms with Gasteiger partial charge in [-0.2, -0.15) is 0 Å². The standard InChI is InChI=1S/C18H24ClFN2O2/c19-14-10-15(20)12-16(11-14)21-17(23)22-8-6-18(24,7-9-22)13-4-2-1-3-5-13/h10-13,24H,1-9H2,(H,21,23). The van der Waals surface area contributed by atoms with Gasteiger partial charge in [-0.15, -0.1) is 0 Å². The molecule has 2 aliphatic rings. The smallest absolute Gasteiger partial charge is 0.321 e. The molecule has 4 nitrogen and oxygen atoms in total. The van der Waals surface area contributed by atoms with E-state index in [9.17, 15) is 14.3 Å². The zero-order valence-corrected chi connectivity index (χ0v) is 14.5. The monoisotopic (exact) mass is 354 g/mol.